The molecule has 3 aromatic carbocycles. The van der Waals surface area contributed by atoms with Gasteiger partial charge in [0.05, 0.1) is 23.9 Å². The van der Waals surface area contributed by atoms with Gasteiger partial charge in [0.2, 0.25) is 0 Å². The molecule has 13 nitrogen and oxygen atoms in total. The van der Waals surface area contributed by atoms with E-state index >= 15 is 0 Å². The second kappa shape index (κ2) is 18.1. The van der Waals surface area contributed by atoms with Gasteiger partial charge in [0.25, 0.3) is 11.8 Å². The Balaban J connectivity index is 0. The van der Waals surface area contributed by atoms with Crippen LogP contribution in [0.2, 0.25) is 0 Å². The molecular weight excluding hydrogens is 582 g/mol. The first-order valence-corrected chi connectivity index (χ1v) is 10.0. The number of carbonyl (C=O) groups excluding carboxylic acids is 6. The molecule has 0 spiro atoms. The molecule has 0 saturated carbocycles. The number of nitrogens with one attached hydrogen (secondary N) is 2. The fraction of sp³-hybridized carbons (Fsp3) is 0. The summed E-state index contributed by atoms with van der Waals surface area (Å²) in [4.78, 5) is 70.0. The number of anilines is 3. The molecular formula is C24H13N3Na4O10. The van der Waals surface area contributed by atoms with Gasteiger partial charge in [-0.3, -0.25) is 9.59 Å². The molecule has 188 valence electrons. The summed E-state index contributed by atoms with van der Waals surface area (Å²) in [5.41, 5.74) is 2.69. The average Bonchev–Trinajstić information content (AvgIpc) is 2.82. The maximum Gasteiger partial charge on any atom is 1.00 e. The summed E-state index contributed by atoms with van der Waals surface area (Å²) in [5.74, 6) is -8.62. The predicted molar refractivity (Wildman–Crippen MR) is 117 cm³/mol. The van der Waals surface area contributed by atoms with Crippen LogP contribution in [0.1, 0.15) is 62.1 Å². The van der Waals surface area contributed by atoms with Crippen molar-refractivity contribution in [3.63, 3.8) is 0 Å². The molecule has 0 aromatic heterocycles. The summed E-state index contributed by atoms with van der Waals surface area (Å²) in [5, 5.41) is 49.1. The third kappa shape index (κ3) is 11.5. The second-order valence-electron chi connectivity index (χ2n) is 7.50. The summed E-state index contributed by atoms with van der Waals surface area (Å²) in [6.07, 6.45) is 0. The molecule has 2 amide bonds. The smallest absolute Gasteiger partial charge is 0.545 e. The Morgan fingerprint density at radius 1 is 0.439 bits per heavy atom. The fourth-order valence-corrected chi connectivity index (χ4v) is 3.19. The van der Waals surface area contributed by atoms with Gasteiger partial charge in [-0.05, 0) is 76.9 Å². The van der Waals surface area contributed by atoms with Crippen LogP contribution in [-0.4, -0.2) is 35.7 Å². The number of nitrogen functional groups attached to an aromatic ring is 1. The van der Waals surface area contributed by atoms with Gasteiger partial charge < -0.3 is 56.0 Å². The number of carboxylic acids is 4. The Labute approximate surface area is 320 Å². The van der Waals surface area contributed by atoms with Crippen LogP contribution in [0.4, 0.5) is 17.1 Å². The molecule has 0 aliphatic carbocycles. The van der Waals surface area contributed by atoms with Gasteiger partial charge in [-0.15, -0.1) is 0 Å². The van der Waals surface area contributed by atoms with E-state index in [2.05, 4.69) is 10.6 Å². The van der Waals surface area contributed by atoms with Crippen LogP contribution in [0.25, 0.3) is 0 Å². The van der Waals surface area contributed by atoms with Crippen LogP contribution >= 0.6 is 0 Å². The topological polar surface area (TPSA) is 245 Å². The molecule has 3 aromatic rings. The van der Waals surface area contributed by atoms with Crippen molar-refractivity contribution in [3.05, 3.63) is 88.0 Å². The van der Waals surface area contributed by atoms with Crippen molar-refractivity contribution >= 4 is 52.8 Å². The van der Waals surface area contributed by atoms with Crippen LogP contribution < -0.4 is 155 Å². The number of carbonyl (C=O) groups is 6. The number of hydrogen-bond donors (Lipinski definition) is 3. The standard InChI is InChI=1S/C24H17N3O10.4Na/c25-16-4-10(19(28)26-17-6-12(21(30)31)2-13(7-17)22(32)33)1-11(5-16)20(29)27-18-8-14(23(34)35)3-15(9-18)24(36)37;;;;/h1-9H,25H2,(H,26,28)(H,27,29)(H,30,31)(H,32,33)(H,34,35)(H,36,37);;;;/q;4*+1/p-4. The Kier molecular flexibility index (Phi) is 18.2. The Morgan fingerprint density at radius 2 is 0.683 bits per heavy atom. The number of nitrogens with two attached hydrogens (primary N) is 1. The largest absolute Gasteiger partial charge is 1.00 e. The number of benzene rings is 3. The van der Waals surface area contributed by atoms with Crippen LogP contribution in [0, 0.1) is 0 Å². The average molecular weight is 595 g/mol. The van der Waals surface area contributed by atoms with E-state index in [1.807, 2.05) is 0 Å². The van der Waals surface area contributed by atoms with Crippen molar-refractivity contribution < 1.29 is 167 Å². The maximum absolute atomic E-state index is 12.7. The van der Waals surface area contributed by atoms with Crippen LogP contribution in [0.15, 0.2) is 54.6 Å². The zero-order valence-corrected chi connectivity index (χ0v) is 30.4. The van der Waals surface area contributed by atoms with Gasteiger partial charge in [-0.2, -0.15) is 0 Å². The third-order valence-corrected chi connectivity index (χ3v) is 4.80. The minimum atomic E-state index is -1.70. The van der Waals surface area contributed by atoms with Gasteiger partial charge in [-0.25, -0.2) is 0 Å². The Hall–Kier alpha value is -1.72. The second-order valence-corrected chi connectivity index (χ2v) is 7.50. The SMILES string of the molecule is Nc1cc(C(=O)Nc2cc(C(=O)[O-])cc(C(=O)[O-])c2)cc(C(=O)Nc2cc(C(=O)[O-])cc(C(=O)[O-])c2)c1.[Na+].[Na+].[Na+].[Na+]. The van der Waals surface area contributed by atoms with E-state index in [0.717, 1.165) is 42.5 Å². The van der Waals surface area contributed by atoms with Gasteiger partial charge in [0.1, 0.15) is 0 Å². The monoisotopic (exact) mass is 595 g/mol. The van der Waals surface area contributed by atoms with Gasteiger partial charge in [0.15, 0.2) is 0 Å². The first kappa shape index (κ1) is 41.4. The summed E-state index contributed by atoms with van der Waals surface area (Å²) in [6, 6.07) is 8.74. The quantitative estimate of drug-likeness (QED) is 0.163. The van der Waals surface area contributed by atoms with Crippen LogP contribution in [-0.2, 0) is 0 Å². The summed E-state index contributed by atoms with van der Waals surface area (Å²) >= 11 is 0. The summed E-state index contributed by atoms with van der Waals surface area (Å²) in [6.45, 7) is 0. The summed E-state index contributed by atoms with van der Waals surface area (Å²) < 4.78 is 0. The number of amides is 2. The molecule has 4 N–H and O–H groups in total. The molecule has 41 heavy (non-hydrogen) atoms. The number of aromatic carboxylic acids is 4. The van der Waals surface area contributed by atoms with E-state index in [1.54, 1.807) is 0 Å². The maximum atomic E-state index is 12.7. The molecule has 0 unspecified atom stereocenters. The first-order valence-electron chi connectivity index (χ1n) is 10.0. The third-order valence-electron chi connectivity index (χ3n) is 4.80. The van der Waals surface area contributed by atoms with Crippen molar-refractivity contribution in [1.29, 1.82) is 0 Å². The molecule has 0 atom stereocenters. The number of hydrogen-bond acceptors (Lipinski definition) is 11. The van der Waals surface area contributed by atoms with Crippen LogP contribution in [0.5, 0.6) is 0 Å². The molecule has 17 heteroatoms. The van der Waals surface area contributed by atoms with Crippen LogP contribution in [0.3, 0.4) is 0 Å². The normalized spacial score (nSPS) is 9.27. The fourth-order valence-electron chi connectivity index (χ4n) is 3.19. The van der Waals surface area contributed by atoms with E-state index in [9.17, 15) is 49.2 Å². The van der Waals surface area contributed by atoms with E-state index in [-0.39, 0.29) is 146 Å². The van der Waals surface area contributed by atoms with E-state index in [4.69, 9.17) is 5.73 Å². The van der Waals surface area contributed by atoms with Crippen molar-refractivity contribution in [1.82, 2.24) is 0 Å². The molecule has 0 aliphatic rings. The number of carboxylic acid groups (broad SMARTS) is 4. The van der Waals surface area contributed by atoms with Gasteiger partial charge >= 0.3 is 118 Å². The van der Waals surface area contributed by atoms with Gasteiger partial charge in [0, 0.05) is 28.2 Å². The zero-order valence-electron chi connectivity index (χ0n) is 22.4. The van der Waals surface area contributed by atoms with Crippen molar-refractivity contribution in [3.8, 4) is 0 Å². The molecule has 0 bridgehead atoms. The molecule has 0 saturated heterocycles. The Bertz CT molecular complexity index is 1340. The number of rotatable bonds is 8. The predicted octanol–water partition coefficient (Wildman–Crippen LogP) is -14.8. The van der Waals surface area contributed by atoms with Crippen molar-refractivity contribution in [2.45, 2.75) is 0 Å². The van der Waals surface area contributed by atoms with Gasteiger partial charge in [-0.1, -0.05) is 0 Å². The zero-order chi connectivity index (χ0) is 27.4. The van der Waals surface area contributed by atoms with E-state index < -0.39 is 57.9 Å². The molecule has 0 aliphatic heterocycles. The first-order chi connectivity index (χ1) is 17.3. The van der Waals surface area contributed by atoms with Crippen molar-refractivity contribution in [2.75, 3.05) is 16.4 Å². The summed E-state index contributed by atoms with van der Waals surface area (Å²) in [7, 11) is 0. The van der Waals surface area contributed by atoms with E-state index in [0.29, 0.717) is 0 Å². The van der Waals surface area contributed by atoms with Crippen molar-refractivity contribution in [2.24, 2.45) is 0 Å². The molecule has 0 fully saturated rings. The minimum Gasteiger partial charge on any atom is -0.545 e. The molecule has 3 rings (SSSR count). The molecule has 0 heterocycles. The van der Waals surface area contributed by atoms with E-state index in [1.165, 1.54) is 12.1 Å². The Morgan fingerprint density at radius 3 is 0.927 bits per heavy atom. The molecule has 0 radical (unpaired) electrons. The minimum absolute atomic E-state index is 0.